The molecular weight excluding hydrogens is 841 g/mol. The van der Waals surface area contributed by atoms with Gasteiger partial charge in [0.15, 0.2) is 18.7 Å². The van der Waals surface area contributed by atoms with E-state index in [9.17, 15) is 45.3 Å². The van der Waals surface area contributed by atoms with Crippen LogP contribution >= 0.6 is 0 Å². The van der Waals surface area contributed by atoms with Gasteiger partial charge in [0.05, 0.1) is 19.8 Å². The molecule has 15 heteroatoms. The molecule has 0 amide bonds. The first-order valence-electron chi connectivity index (χ1n) is 25.8. The fourth-order valence-electron chi connectivity index (χ4n) is 8.21. The van der Waals surface area contributed by atoms with Gasteiger partial charge in [0.25, 0.3) is 0 Å². The first kappa shape index (κ1) is 59.4. The molecule has 0 aliphatic carbocycles. The van der Waals surface area contributed by atoms with Crippen LogP contribution in [0.2, 0.25) is 0 Å². The smallest absolute Gasteiger partial charge is 0.306 e. The number of ether oxygens (including phenoxy) is 6. The number of unbranched alkanes of at least 4 members (excludes halogenated alkanes) is 24. The van der Waals surface area contributed by atoms with Gasteiger partial charge in [-0.1, -0.05) is 161 Å². The van der Waals surface area contributed by atoms with E-state index >= 15 is 0 Å². The van der Waals surface area contributed by atoms with Crippen molar-refractivity contribution in [3.8, 4) is 0 Å². The third kappa shape index (κ3) is 26.5. The van der Waals surface area contributed by atoms with Crippen molar-refractivity contribution in [1.82, 2.24) is 0 Å². The van der Waals surface area contributed by atoms with Crippen LogP contribution in [-0.2, 0) is 38.0 Å². The third-order valence-electron chi connectivity index (χ3n) is 12.5. The van der Waals surface area contributed by atoms with Crippen molar-refractivity contribution < 1.29 is 73.8 Å². The quantitative estimate of drug-likeness (QED) is 0.0187. The Hall–Kier alpha value is -1.76. The van der Waals surface area contributed by atoms with Gasteiger partial charge in [-0.15, -0.1) is 0 Å². The fourth-order valence-corrected chi connectivity index (χ4v) is 8.21. The minimum Gasteiger partial charge on any atom is -0.462 e. The lowest BCUT2D eigenvalue weighted by atomic mass is 9.98. The van der Waals surface area contributed by atoms with Gasteiger partial charge in [0, 0.05) is 12.8 Å². The van der Waals surface area contributed by atoms with E-state index in [1.165, 1.54) is 109 Å². The largest absolute Gasteiger partial charge is 0.462 e. The monoisotopic (exact) mass is 933 g/mol. The lowest BCUT2D eigenvalue weighted by Gasteiger charge is -2.42. The van der Waals surface area contributed by atoms with E-state index in [1.807, 2.05) is 0 Å². The van der Waals surface area contributed by atoms with Crippen LogP contribution in [0.15, 0.2) is 12.2 Å². The van der Waals surface area contributed by atoms with Crippen LogP contribution < -0.4 is 0 Å². The Morgan fingerprint density at radius 2 is 0.877 bits per heavy atom. The SMILES string of the molecule is CCCCCCCCC/C=C\CCCCCCCCCC(=O)OC(COC(=O)CCCCCCCCCCCCC)COC1OC(COC2OC(CO)C(O)C(O)C2O)C(O)C(O)C1O. The van der Waals surface area contributed by atoms with Crippen molar-refractivity contribution in [2.45, 2.75) is 268 Å². The summed E-state index contributed by atoms with van der Waals surface area (Å²) in [5, 5.41) is 72.0. The van der Waals surface area contributed by atoms with Gasteiger partial charge < -0.3 is 64.2 Å². The molecule has 11 unspecified atom stereocenters. The second-order valence-corrected chi connectivity index (χ2v) is 18.4. The molecule has 2 heterocycles. The van der Waals surface area contributed by atoms with E-state index in [0.29, 0.717) is 12.8 Å². The first-order chi connectivity index (χ1) is 31.5. The number of carbonyl (C=O) groups excluding carboxylic acids is 2. The third-order valence-corrected chi connectivity index (χ3v) is 12.5. The molecule has 0 aromatic carbocycles. The lowest BCUT2D eigenvalue weighted by Crippen LogP contribution is -2.61. The van der Waals surface area contributed by atoms with Crippen LogP contribution in [0.4, 0.5) is 0 Å². The maximum Gasteiger partial charge on any atom is 0.306 e. The Balaban J connectivity index is 1.80. The molecule has 0 saturated carbocycles. The van der Waals surface area contributed by atoms with Crippen molar-refractivity contribution in [1.29, 1.82) is 0 Å². The van der Waals surface area contributed by atoms with Crippen molar-refractivity contribution in [3.63, 3.8) is 0 Å². The summed E-state index contributed by atoms with van der Waals surface area (Å²) in [7, 11) is 0. The molecule has 0 radical (unpaired) electrons. The molecule has 0 bridgehead atoms. The van der Waals surface area contributed by atoms with Crippen molar-refractivity contribution >= 4 is 11.9 Å². The fraction of sp³-hybridized carbons (Fsp3) is 0.920. The molecule has 2 rings (SSSR count). The number of esters is 2. The molecule has 2 aliphatic rings. The van der Waals surface area contributed by atoms with Crippen molar-refractivity contribution in [2.24, 2.45) is 0 Å². The Kier molecular flexibility index (Phi) is 34.8. The Morgan fingerprint density at radius 1 is 0.477 bits per heavy atom. The van der Waals surface area contributed by atoms with Crippen LogP contribution in [0.1, 0.15) is 200 Å². The second-order valence-electron chi connectivity index (χ2n) is 18.4. The predicted molar refractivity (Wildman–Crippen MR) is 248 cm³/mol. The molecule has 0 aromatic heterocycles. The zero-order chi connectivity index (χ0) is 47.5. The summed E-state index contributed by atoms with van der Waals surface area (Å²) < 4.78 is 33.5. The van der Waals surface area contributed by atoms with Crippen LogP contribution in [0.5, 0.6) is 0 Å². The van der Waals surface area contributed by atoms with Gasteiger partial charge in [0.2, 0.25) is 0 Å². The number of carbonyl (C=O) groups is 2. The van der Waals surface area contributed by atoms with E-state index in [1.54, 1.807) is 0 Å². The van der Waals surface area contributed by atoms with Gasteiger partial charge in [-0.25, -0.2) is 0 Å². The Labute approximate surface area is 390 Å². The van der Waals surface area contributed by atoms with E-state index in [0.717, 1.165) is 51.4 Å². The number of aliphatic hydroxyl groups is 7. The molecular formula is C50H92O15. The minimum absolute atomic E-state index is 0.164. The van der Waals surface area contributed by atoms with E-state index in [4.69, 9.17) is 28.4 Å². The second kappa shape index (κ2) is 38.1. The van der Waals surface area contributed by atoms with E-state index < -0.39 is 92.7 Å². The summed E-state index contributed by atoms with van der Waals surface area (Å²) >= 11 is 0. The topological polar surface area (TPSA) is 231 Å². The van der Waals surface area contributed by atoms with Gasteiger partial charge in [-0.05, 0) is 38.5 Å². The average molecular weight is 933 g/mol. The normalized spacial score (nSPS) is 26.4. The maximum atomic E-state index is 13.0. The number of rotatable bonds is 40. The van der Waals surface area contributed by atoms with Crippen molar-refractivity contribution in [2.75, 3.05) is 26.4 Å². The first-order valence-corrected chi connectivity index (χ1v) is 25.8. The van der Waals surface area contributed by atoms with Gasteiger partial charge in [-0.3, -0.25) is 9.59 Å². The lowest BCUT2D eigenvalue weighted by molar-refractivity contribution is -0.332. The minimum atomic E-state index is -1.76. The highest BCUT2D eigenvalue weighted by Crippen LogP contribution is 2.26. The standard InChI is InChI=1S/C50H92O15/c1-3-5-7-9-11-13-15-16-17-18-19-20-21-23-25-27-29-31-33-42(53)63-38(35-60-41(52)32-30-28-26-24-22-14-12-10-8-6-4-2)36-61-49-48(59)46(57)44(55)40(65-49)37-62-50-47(58)45(56)43(54)39(34-51)64-50/h17-18,38-40,43-51,54-59H,3-16,19-37H2,1-2H3/b18-17-. The molecule has 15 nitrogen and oxygen atoms in total. The molecule has 0 aromatic rings. The van der Waals surface area contributed by atoms with Gasteiger partial charge in [0.1, 0.15) is 55.4 Å². The average Bonchev–Trinajstić information content (AvgIpc) is 3.30. The van der Waals surface area contributed by atoms with Crippen LogP contribution in [0, 0.1) is 0 Å². The highest BCUT2D eigenvalue weighted by Gasteiger charge is 2.47. The van der Waals surface area contributed by atoms with Crippen LogP contribution in [-0.4, -0.2) is 142 Å². The zero-order valence-corrected chi connectivity index (χ0v) is 40.2. The summed E-state index contributed by atoms with van der Waals surface area (Å²) in [5.74, 6) is -0.922. The molecule has 65 heavy (non-hydrogen) atoms. The predicted octanol–water partition coefficient (Wildman–Crippen LogP) is 6.99. The van der Waals surface area contributed by atoms with E-state index in [2.05, 4.69) is 26.0 Å². The van der Waals surface area contributed by atoms with Crippen molar-refractivity contribution in [3.05, 3.63) is 12.2 Å². The van der Waals surface area contributed by atoms with Gasteiger partial charge >= 0.3 is 11.9 Å². The molecule has 382 valence electrons. The molecule has 7 N–H and O–H groups in total. The number of hydrogen-bond donors (Lipinski definition) is 7. The summed E-state index contributed by atoms with van der Waals surface area (Å²) in [4.78, 5) is 25.7. The highest BCUT2D eigenvalue weighted by molar-refractivity contribution is 5.70. The molecule has 0 spiro atoms. The zero-order valence-electron chi connectivity index (χ0n) is 40.2. The maximum absolute atomic E-state index is 13.0. The van der Waals surface area contributed by atoms with E-state index in [-0.39, 0.29) is 26.1 Å². The molecule has 2 saturated heterocycles. The summed E-state index contributed by atoms with van der Waals surface area (Å²) in [6.07, 6.45) is 19.6. The molecule has 11 atom stereocenters. The molecule has 2 aliphatic heterocycles. The molecule has 2 fully saturated rings. The number of allylic oxidation sites excluding steroid dienone is 2. The summed E-state index contributed by atoms with van der Waals surface area (Å²) in [5.41, 5.74) is 0. The Bertz CT molecular complexity index is 1190. The summed E-state index contributed by atoms with van der Waals surface area (Å²) in [6.45, 7) is 2.59. The van der Waals surface area contributed by atoms with Gasteiger partial charge in [-0.2, -0.15) is 0 Å². The van der Waals surface area contributed by atoms with Crippen LogP contribution in [0.3, 0.4) is 0 Å². The van der Waals surface area contributed by atoms with Crippen LogP contribution in [0.25, 0.3) is 0 Å². The number of hydrogen-bond acceptors (Lipinski definition) is 15. The summed E-state index contributed by atoms with van der Waals surface area (Å²) in [6, 6.07) is 0. The number of aliphatic hydroxyl groups excluding tert-OH is 7. The highest BCUT2D eigenvalue weighted by atomic mass is 16.7. The Morgan fingerprint density at radius 3 is 1.35 bits per heavy atom.